The van der Waals surface area contributed by atoms with Gasteiger partial charge in [0, 0.05) is 26.1 Å². The second-order valence-corrected chi connectivity index (χ2v) is 6.88. The number of aryl methyl sites for hydroxylation is 1. The molecule has 4 rings (SSSR count). The quantitative estimate of drug-likeness (QED) is 0.854. The third-order valence-electron chi connectivity index (χ3n) is 5.21. The molecule has 132 valence electrons. The van der Waals surface area contributed by atoms with E-state index in [2.05, 4.69) is 39.3 Å². The molecule has 2 aliphatic heterocycles. The molecule has 2 aliphatic rings. The zero-order valence-corrected chi connectivity index (χ0v) is 14.6. The van der Waals surface area contributed by atoms with Crippen LogP contribution < -0.4 is 0 Å². The van der Waals surface area contributed by atoms with Crippen LogP contribution in [0.4, 0.5) is 0 Å². The average Bonchev–Trinajstić information content (AvgIpc) is 3.32. The summed E-state index contributed by atoms with van der Waals surface area (Å²) in [5.74, 6) is 1.55. The zero-order chi connectivity index (χ0) is 17.2. The number of hydrogen-bond donors (Lipinski definition) is 0. The summed E-state index contributed by atoms with van der Waals surface area (Å²) in [6.07, 6.45) is 3.72. The van der Waals surface area contributed by atoms with Crippen molar-refractivity contribution in [2.75, 3.05) is 13.1 Å². The van der Waals surface area contributed by atoms with Crippen LogP contribution in [0.1, 0.15) is 42.6 Å². The molecule has 0 spiro atoms. The van der Waals surface area contributed by atoms with Crippen molar-refractivity contribution in [2.24, 2.45) is 0 Å². The lowest BCUT2D eigenvalue weighted by molar-refractivity contribution is -0.137. The molecular weight excluding hydrogens is 316 g/mol. The van der Waals surface area contributed by atoms with Gasteiger partial charge in [-0.05, 0) is 30.4 Å². The molecule has 25 heavy (non-hydrogen) atoms. The molecule has 1 atom stereocenters. The number of nitrogens with zero attached hydrogens (tertiary/aromatic N) is 4. The minimum absolute atomic E-state index is 0.148. The summed E-state index contributed by atoms with van der Waals surface area (Å²) in [6, 6.07) is 8.24. The summed E-state index contributed by atoms with van der Waals surface area (Å²) in [6.45, 7) is 5.03. The Hall–Kier alpha value is -2.21. The number of rotatable bonds is 4. The van der Waals surface area contributed by atoms with Crippen LogP contribution >= 0.6 is 0 Å². The normalized spacial score (nSPS) is 20.7. The lowest BCUT2D eigenvalue weighted by Gasteiger charge is -2.37. The third kappa shape index (κ3) is 3.31. The third-order valence-corrected chi connectivity index (χ3v) is 5.21. The standard InChI is InChI=1S/C19H24N4O2/c1-2-17-20-18(25-21-17)13-23-12-15-8-4-3-7-14(15)11-16(23)19(24)22-9-5-6-10-22/h3-4,7-8,16H,2,5-6,9-13H2,1H3/t16-/m0/s1. The van der Waals surface area contributed by atoms with Gasteiger partial charge in [-0.3, -0.25) is 9.69 Å². The van der Waals surface area contributed by atoms with E-state index in [1.165, 1.54) is 11.1 Å². The number of carbonyl (C=O) groups is 1. The topological polar surface area (TPSA) is 62.5 Å². The van der Waals surface area contributed by atoms with Crippen LogP contribution in [-0.4, -0.2) is 45.0 Å². The highest BCUT2D eigenvalue weighted by molar-refractivity contribution is 5.82. The first-order valence-electron chi connectivity index (χ1n) is 9.15. The number of amides is 1. The van der Waals surface area contributed by atoms with Gasteiger partial charge in [-0.25, -0.2) is 0 Å². The Morgan fingerprint density at radius 3 is 2.72 bits per heavy atom. The fourth-order valence-electron chi connectivity index (χ4n) is 3.81. The van der Waals surface area contributed by atoms with Gasteiger partial charge in [0.25, 0.3) is 0 Å². The van der Waals surface area contributed by atoms with Gasteiger partial charge >= 0.3 is 0 Å². The van der Waals surface area contributed by atoms with Gasteiger partial charge in [0.05, 0.1) is 12.6 Å². The van der Waals surface area contributed by atoms with E-state index in [1.807, 2.05) is 11.8 Å². The van der Waals surface area contributed by atoms with Crippen molar-refractivity contribution in [1.82, 2.24) is 19.9 Å². The van der Waals surface area contributed by atoms with Gasteiger partial charge in [-0.1, -0.05) is 36.3 Å². The van der Waals surface area contributed by atoms with Gasteiger partial charge in [0.15, 0.2) is 5.82 Å². The fourth-order valence-corrected chi connectivity index (χ4v) is 3.81. The molecule has 6 heteroatoms. The predicted octanol–water partition coefficient (Wildman–Crippen LogP) is 2.18. The Balaban J connectivity index is 1.59. The second kappa shape index (κ2) is 6.96. The number of carbonyl (C=O) groups excluding carboxylic acids is 1. The van der Waals surface area contributed by atoms with Crippen LogP contribution in [-0.2, 0) is 30.7 Å². The summed E-state index contributed by atoms with van der Waals surface area (Å²) in [5.41, 5.74) is 2.55. The predicted molar refractivity (Wildman–Crippen MR) is 92.7 cm³/mol. The molecule has 1 aromatic carbocycles. The molecule has 0 radical (unpaired) electrons. The highest BCUT2D eigenvalue weighted by Crippen LogP contribution is 2.26. The summed E-state index contributed by atoms with van der Waals surface area (Å²) < 4.78 is 5.37. The van der Waals surface area contributed by atoms with E-state index in [0.717, 1.165) is 51.1 Å². The van der Waals surface area contributed by atoms with Crippen molar-refractivity contribution in [2.45, 2.75) is 51.7 Å². The van der Waals surface area contributed by atoms with Gasteiger partial charge in [-0.15, -0.1) is 0 Å². The number of benzene rings is 1. The molecule has 6 nitrogen and oxygen atoms in total. The van der Waals surface area contributed by atoms with E-state index in [0.29, 0.717) is 12.4 Å². The first-order chi connectivity index (χ1) is 12.2. The highest BCUT2D eigenvalue weighted by atomic mass is 16.5. The van der Waals surface area contributed by atoms with Gasteiger partial charge in [0.2, 0.25) is 11.8 Å². The van der Waals surface area contributed by atoms with Crippen molar-refractivity contribution < 1.29 is 9.32 Å². The maximum Gasteiger partial charge on any atom is 0.240 e. The molecule has 2 aromatic rings. The SMILES string of the molecule is CCc1noc(CN2Cc3ccccc3C[C@H]2C(=O)N2CCCC2)n1. The molecule has 0 unspecified atom stereocenters. The average molecular weight is 340 g/mol. The summed E-state index contributed by atoms with van der Waals surface area (Å²) >= 11 is 0. The molecule has 1 fully saturated rings. The lowest BCUT2D eigenvalue weighted by Crippen LogP contribution is -2.50. The maximum absolute atomic E-state index is 13.1. The van der Waals surface area contributed by atoms with E-state index >= 15 is 0 Å². The van der Waals surface area contributed by atoms with Crippen molar-refractivity contribution in [3.8, 4) is 0 Å². The van der Waals surface area contributed by atoms with Gasteiger partial charge in [-0.2, -0.15) is 4.98 Å². The largest absolute Gasteiger partial charge is 0.341 e. The first kappa shape index (κ1) is 16.3. The lowest BCUT2D eigenvalue weighted by atomic mass is 9.93. The number of hydrogen-bond acceptors (Lipinski definition) is 5. The number of likely N-dealkylation sites (tertiary alicyclic amines) is 1. The molecule has 0 bridgehead atoms. The van der Waals surface area contributed by atoms with E-state index in [9.17, 15) is 4.79 Å². The first-order valence-corrected chi connectivity index (χ1v) is 9.15. The number of aromatic nitrogens is 2. The Morgan fingerprint density at radius 2 is 2.00 bits per heavy atom. The van der Waals surface area contributed by atoms with E-state index in [-0.39, 0.29) is 11.9 Å². The molecule has 1 saturated heterocycles. The fraction of sp³-hybridized carbons (Fsp3) is 0.526. The summed E-state index contributed by atoms with van der Waals surface area (Å²) in [7, 11) is 0. The highest BCUT2D eigenvalue weighted by Gasteiger charge is 2.35. The molecule has 3 heterocycles. The van der Waals surface area contributed by atoms with Crippen LogP contribution in [0.3, 0.4) is 0 Å². The Kier molecular flexibility index (Phi) is 4.53. The van der Waals surface area contributed by atoms with E-state index in [4.69, 9.17) is 4.52 Å². The van der Waals surface area contributed by atoms with Crippen LogP contribution in [0.15, 0.2) is 28.8 Å². The number of fused-ring (bicyclic) bond motifs is 1. The smallest absolute Gasteiger partial charge is 0.240 e. The second-order valence-electron chi connectivity index (χ2n) is 6.88. The molecular formula is C19H24N4O2. The molecule has 1 aromatic heterocycles. The minimum atomic E-state index is -0.148. The van der Waals surface area contributed by atoms with Crippen molar-refractivity contribution in [3.05, 3.63) is 47.1 Å². The maximum atomic E-state index is 13.1. The monoisotopic (exact) mass is 340 g/mol. The van der Waals surface area contributed by atoms with Crippen LogP contribution in [0, 0.1) is 0 Å². The van der Waals surface area contributed by atoms with Gasteiger partial charge in [0.1, 0.15) is 0 Å². The Morgan fingerprint density at radius 1 is 1.24 bits per heavy atom. The van der Waals surface area contributed by atoms with Crippen molar-refractivity contribution in [3.63, 3.8) is 0 Å². The van der Waals surface area contributed by atoms with Crippen molar-refractivity contribution in [1.29, 1.82) is 0 Å². The van der Waals surface area contributed by atoms with Crippen LogP contribution in [0.25, 0.3) is 0 Å². The van der Waals surface area contributed by atoms with Crippen LogP contribution in [0.5, 0.6) is 0 Å². The van der Waals surface area contributed by atoms with Crippen molar-refractivity contribution >= 4 is 5.91 Å². The molecule has 1 amide bonds. The van der Waals surface area contributed by atoms with Crippen LogP contribution in [0.2, 0.25) is 0 Å². The molecule has 0 saturated carbocycles. The minimum Gasteiger partial charge on any atom is -0.341 e. The van der Waals surface area contributed by atoms with Gasteiger partial charge < -0.3 is 9.42 Å². The summed E-state index contributed by atoms with van der Waals surface area (Å²) in [5, 5.41) is 3.98. The Labute approximate surface area is 147 Å². The zero-order valence-electron chi connectivity index (χ0n) is 14.6. The van der Waals surface area contributed by atoms with E-state index < -0.39 is 0 Å². The summed E-state index contributed by atoms with van der Waals surface area (Å²) in [4.78, 5) is 21.7. The Bertz CT molecular complexity index is 751. The molecule has 0 aliphatic carbocycles. The van der Waals surface area contributed by atoms with E-state index in [1.54, 1.807) is 0 Å². The molecule has 0 N–H and O–H groups in total.